The van der Waals surface area contributed by atoms with Gasteiger partial charge in [-0.05, 0) is 51.9 Å². The molecule has 1 aromatic carbocycles. The van der Waals surface area contributed by atoms with Crippen molar-refractivity contribution in [1.29, 1.82) is 0 Å². The summed E-state index contributed by atoms with van der Waals surface area (Å²) in [5.41, 5.74) is 2.11. The van der Waals surface area contributed by atoms with E-state index in [0.29, 0.717) is 18.0 Å². The van der Waals surface area contributed by atoms with Crippen molar-refractivity contribution in [1.82, 2.24) is 15.2 Å². The molecule has 1 aliphatic heterocycles. The zero-order valence-corrected chi connectivity index (χ0v) is 13.7. The molecule has 122 valence electrons. The first-order valence-corrected chi connectivity index (χ1v) is 8.14. The number of benzene rings is 1. The van der Waals surface area contributed by atoms with Crippen molar-refractivity contribution >= 4 is 22.6 Å². The number of ketones is 1. The van der Waals surface area contributed by atoms with Crippen molar-refractivity contribution in [3.8, 4) is 0 Å². The van der Waals surface area contributed by atoms with E-state index in [9.17, 15) is 9.59 Å². The lowest BCUT2D eigenvalue weighted by atomic mass is 9.97. The molecule has 1 saturated heterocycles. The van der Waals surface area contributed by atoms with E-state index in [4.69, 9.17) is 0 Å². The number of nitrogens with one attached hydrogen (secondary N) is 2. The number of hydrogen-bond acceptors (Lipinski definition) is 3. The zero-order chi connectivity index (χ0) is 16.4. The van der Waals surface area contributed by atoms with Crippen LogP contribution >= 0.6 is 0 Å². The largest absolute Gasteiger partial charge is 0.358 e. The molecule has 5 heteroatoms. The van der Waals surface area contributed by atoms with Crippen LogP contribution in [0.2, 0.25) is 0 Å². The number of likely N-dealkylation sites (tertiary alicyclic amines) is 1. The van der Waals surface area contributed by atoms with Crippen molar-refractivity contribution in [2.75, 3.05) is 26.7 Å². The van der Waals surface area contributed by atoms with Crippen molar-refractivity contribution in [3.63, 3.8) is 0 Å². The molecule has 2 N–H and O–H groups in total. The molecular weight excluding hydrogens is 290 g/mol. The molecule has 0 spiro atoms. The van der Waals surface area contributed by atoms with Gasteiger partial charge in [-0.2, -0.15) is 0 Å². The third-order valence-electron chi connectivity index (χ3n) is 4.72. The quantitative estimate of drug-likeness (QED) is 0.671. The SMILES string of the molecule is Cc1[nH]c2ccccc2c1C(=O)C(=O)NCC1CCN(C)CC1. The minimum Gasteiger partial charge on any atom is -0.358 e. The highest BCUT2D eigenvalue weighted by atomic mass is 16.2. The zero-order valence-electron chi connectivity index (χ0n) is 13.7. The maximum absolute atomic E-state index is 12.5. The number of fused-ring (bicyclic) bond motifs is 1. The number of carbonyl (C=O) groups is 2. The lowest BCUT2D eigenvalue weighted by molar-refractivity contribution is -0.117. The summed E-state index contributed by atoms with van der Waals surface area (Å²) in [7, 11) is 2.11. The van der Waals surface area contributed by atoms with Crippen LogP contribution in [0.3, 0.4) is 0 Å². The number of nitrogens with zero attached hydrogens (tertiary/aromatic N) is 1. The van der Waals surface area contributed by atoms with Crippen LogP contribution < -0.4 is 5.32 Å². The van der Waals surface area contributed by atoms with Gasteiger partial charge in [0.1, 0.15) is 0 Å². The predicted molar refractivity (Wildman–Crippen MR) is 90.6 cm³/mol. The van der Waals surface area contributed by atoms with Crippen molar-refractivity contribution in [2.24, 2.45) is 5.92 Å². The van der Waals surface area contributed by atoms with Crippen LogP contribution in [0.25, 0.3) is 10.9 Å². The Labute approximate surface area is 136 Å². The van der Waals surface area contributed by atoms with E-state index in [1.54, 1.807) is 0 Å². The molecule has 1 amide bonds. The Bertz CT molecular complexity index is 727. The molecule has 0 atom stereocenters. The number of aryl methyl sites for hydroxylation is 1. The number of carbonyl (C=O) groups excluding carboxylic acids is 2. The second-order valence-corrected chi connectivity index (χ2v) is 6.46. The molecule has 0 unspecified atom stereocenters. The van der Waals surface area contributed by atoms with Gasteiger partial charge in [0.05, 0.1) is 5.56 Å². The van der Waals surface area contributed by atoms with Crippen LogP contribution in [-0.4, -0.2) is 48.3 Å². The molecule has 2 heterocycles. The molecule has 5 nitrogen and oxygen atoms in total. The second-order valence-electron chi connectivity index (χ2n) is 6.46. The van der Waals surface area contributed by atoms with Gasteiger partial charge in [0.2, 0.25) is 0 Å². The van der Waals surface area contributed by atoms with Gasteiger partial charge in [-0.25, -0.2) is 0 Å². The number of rotatable bonds is 4. The van der Waals surface area contributed by atoms with E-state index >= 15 is 0 Å². The Kier molecular flexibility index (Phi) is 4.48. The van der Waals surface area contributed by atoms with Crippen LogP contribution in [0.15, 0.2) is 24.3 Å². The smallest absolute Gasteiger partial charge is 0.292 e. The predicted octanol–water partition coefficient (Wildman–Crippen LogP) is 2.12. The van der Waals surface area contributed by atoms with Crippen molar-refractivity contribution in [2.45, 2.75) is 19.8 Å². The number of amides is 1. The van der Waals surface area contributed by atoms with E-state index < -0.39 is 11.7 Å². The Morgan fingerprint density at radius 1 is 1.26 bits per heavy atom. The first-order chi connectivity index (χ1) is 11.1. The summed E-state index contributed by atoms with van der Waals surface area (Å²) >= 11 is 0. The standard InChI is InChI=1S/C18H23N3O2/c1-12-16(14-5-3-4-6-15(14)20-12)17(22)18(23)19-11-13-7-9-21(2)10-8-13/h3-6,13,20H,7-11H2,1-2H3,(H,19,23). The summed E-state index contributed by atoms with van der Waals surface area (Å²) in [5, 5.41) is 3.64. The Morgan fingerprint density at radius 3 is 2.70 bits per heavy atom. The Balaban J connectivity index is 1.67. The summed E-state index contributed by atoms with van der Waals surface area (Å²) in [6, 6.07) is 7.57. The topological polar surface area (TPSA) is 65.2 Å². The third-order valence-corrected chi connectivity index (χ3v) is 4.72. The van der Waals surface area contributed by atoms with E-state index in [1.807, 2.05) is 31.2 Å². The molecule has 2 aromatic rings. The van der Waals surface area contributed by atoms with Crippen LogP contribution in [0.1, 0.15) is 28.9 Å². The fourth-order valence-corrected chi connectivity index (χ4v) is 3.27. The molecule has 23 heavy (non-hydrogen) atoms. The van der Waals surface area contributed by atoms with E-state index in [0.717, 1.165) is 42.5 Å². The second kappa shape index (κ2) is 6.54. The van der Waals surface area contributed by atoms with Gasteiger partial charge in [-0.3, -0.25) is 9.59 Å². The maximum atomic E-state index is 12.5. The van der Waals surface area contributed by atoms with Gasteiger partial charge in [-0.1, -0.05) is 18.2 Å². The fourth-order valence-electron chi connectivity index (χ4n) is 3.27. The number of aromatic nitrogens is 1. The van der Waals surface area contributed by atoms with E-state index in [-0.39, 0.29) is 0 Å². The average Bonchev–Trinajstić information content (AvgIpc) is 2.89. The highest BCUT2D eigenvalue weighted by Crippen LogP contribution is 2.22. The molecule has 1 aromatic heterocycles. The highest BCUT2D eigenvalue weighted by Gasteiger charge is 2.24. The molecular formula is C18H23N3O2. The molecule has 0 bridgehead atoms. The first-order valence-electron chi connectivity index (χ1n) is 8.14. The van der Waals surface area contributed by atoms with Crippen LogP contribution in [-0.2, 0) is 4.79 Å². The molecule has 0 aliphatic carbocycles. The molecule has 0 saturated carbocycles. The average molecular weight is 313 g/mol. The number of piperidine rings is 1. The number of aromatic amines is 1. The van der Waals surface area contributed by atoms with Gasteiger partial charge in [0.25, 0.3) is 11.7 Å². The van der Waals surface area contributed by atoms with Crippen LogP contribution in [0, 0.1) is 12.8 Å². The van der Waals surface area contributed by atoms with Crippen molar-refractivity contribution < 1.29 is 9.59 Å². The molecule has 3 rings (SSSR count). The van der Waals surface area contributed by atoms with Crippen LogP contribution in [0.5, 0.6) is 0 Å². The maximum Gasteiger partial charge on any atom is 0.292 e. The minimum atomic E-state index is -0.503. The lowest BCUT2D eigenvalue weighted by Crippen LogP contribution is -2.39. The number of para-hydroxylation sites is 1. The summed E-state index contributed by atoms with van der Waals surface area (Å²) in [4.78, 5) is 30.2. The van der Waals surface area contributed by atoms with Gasteiger partial charge in [0.15, 0.2) is 0 Å². The monoisotopic (exact) mass is 313 g/mol. The van der Waals surface area contributed by atoms with Gasteiger partial charge >= 0.3 is 0 Å². The summed E-state index contributed by atoms with van der Waals surface area (Å²) in [6.07, 6.45) is 2.13. The highest BCUT2D eigenvalue weighted by molar-refractivity contribution is 6.45. The lowest BCUT2D eigenvalue weighted by Gasteiger charge is -2.28. The number of Topliss-reactive ketones (excluding diaryl/α,β-unsaturated/α-hetero) is 1. The summed E-state index contributed by atoms with van der Waals surface area (Å²) in [6.45, 7) is 4.52. The Hall–Kier alpha value is -2.14. The summed E-state index contributed by atoms with van der Waals surface area (Å²) < 4.78 is 0. The molecule has 1 aliphatic rings. The van der Waals surface area contributed by atoms with E-state index in [1.165, 1.54) is 0 Å². The normalized spacial score (nSPS) is 16.6. The molecule has 0 radical (unpaired) electrons. The van der Waals surface area contributed by atoms with Gasteiger partial charge < -0.3 is 15.2 Å². The fraction of sp³-hybridized carbons (Fsp3) is 0.444. The number of H-pyrrole nitrogens is 1. The van der Waals surface area contributed by atoms with Gasteiger partial charge in [-0.15, -0.1) is 0 Å². The Morgan fingerprint density at radius 2 is 1.96 bits per heavy atom. The van der Waals surface area contributed by atoms with Crippen LogP contribution in [0.4, 0.5) is 0 Å². The third kappa shape index (κ3) is 3.29. The number of hydrogen-bond donors (Lipinski definition) is 2. The minimum absolute atomic E-state index is 0.451. The molecule has 1 fully saturated rings. The van der Waals surface area contributed by atoms with Crippen molar-refractivity contribution in [3.05, 3.63) is 35.5 Å². The van der Waals surface area contributed by atoms with Gasteiger partial charge in [0, 0.05) is 23.1 Å². The first kappa shape index (κ1) is 15.7. The summed E-state index contributed by atoms with van der Waals surface area (Å²) in [5.74, 6) is -0.489. The van der Waals surface area contributed by atoms with E-state index in [2.05, 4.69) is 22.2 Å².